The maximum atomic E-state index is 12.6. The molecule has 30 heavy (non-hydrogen) atoms. The van der Waals surface area contributed by atoms with Crippen molar-refractivity contribution < 1.29 is 32.8 Å². The summed E-state index contributed by atoms with van der Waals surface area (Å²) in [7, 11) is -3.56. The number of non-ortho nitro benzene ring substituents is 1. The van der Waals surface area contributed by atoms with Crippen LogP contribution in [0.25, 0.3) is 0 Å². The molecule has 3 atom stereocenters. The van der Waals surface area contributed by atoms with Crippen molar-refractivity contribution in [2.24, 2.45) is 5.92 Å². The molecule has 2 heterocycles. The molecule has 2 aliphatic rings. The van der Waals surface area contributed by atoms with Crippen LogP contribution in [0.3, 0.4) is 0 Å². The maximum Gasteiger partial charge on any atom is 0.355 e. The van der Waals surface area contributed by atoms with Gasteiger partial charge in [0.15, 0.2) is 9.84 Å². The molecule has 0 spiro atoms. The lowest BCUT2D eigenvalue weighted by atomic mass is 9.81. The smallest absolute Gasteiger partial charge is 0.355 e. The minimum Gasteiger partial charge on any atom is -0.456 e. The first kappa shape index (κ1) is 21.7. The fourth-order valence-corrected chi connectivity index (χ4v) is 4.30. The first-order chi connectivity index (χ1) is 14.0. The highest BCUT2D eigenvalue weighted by Gasteiger charge is 2.53. The first-order valence-electron chi connectivity index (χ1n) is 9.03. The number of rotatable bonds is 6. The number of carbonyl (C=O) groups is 2. The number of hydrogen-bond donors (Lipinski definition) is 1. The fourth-order valence-electron chi connectivity index (χ4n) is 3.51. The first-order valence-corrected chi connectivity index (χ1v) is 10.9. The molecule has 1 aromatic carbocycles. The molecule has 1 N–H and O–H groups in total. The molecule has 2 aliphatic heterocycles. The summed E-state index contributed by atoms with van der Waals surface area (Å²) in [5.74, 6) is -2.16. The van der Waals surface area contributed by atoms with Crippen LogP contribution in [0.5, 0.6) is 0 Å². The predicted molar refractivity (Wildman–Crippen MR) is 104 cm³/mol. The Balaban J connectivity index is 1.82. The van der Waals surface area contributed by atoms with E-state index in [1.54, 1.807) is 0 Å². The second kappa shape index (κ2) is 8.00. The van der Waals surface area contributed by atoms with Crippen LogP contribution in [0.1, 0.15) is 18.9 Å². The van der Waals surface area contributed by atoms with E-state index in [0.717, 1.165) is 11.2 Å². The largest absolute Gasteiger partial charge is 0.456 e. The number of ether oxygens (including phenoxy) is 1. The van der Waals surface area contributed by atoms with E-state index in [1.165, 1.54) is 43.3 Å². The van der Waals surface area contributed by atoms with Crippen LogP contribution in [-0.2, 0) is 30.8 Å². The Morgan fingerprint density at radius 1 is 1.33 bits per heavy atom. The topological polar surface area (TPSA) is 144 Å². The zero-order valence-corrected chi connectivity index (χ0v) is 17.0. The number of nitro groups is 1. The van der Waals surface area contributed by atoms with Crippen LogP contribution >= 0.6 is 0 Å². The zero-order chi connectivity index (χ0) is 22.2. The summed E-state index contributed by atoms with van der Waals surface area (Å²) in [5.41, 5.74) is 0.277. The predicted octanol–water partition coefficient (Wildman–Crippen LogP) is 1.06. The van der Waals surface area contributed by atoms with Gasteiger partial charge in [-0.05, 0) is 36.8 Å². The van der Waals surface area contributed by atoms with Gasteiger partial charge in [0.25, 0.3) is 5.69 Å². The van der Waals surface area contributed by atoms with Crippen molar-refractivity contribution in [2.45, 2.75) is 32.1 Å². The molecule has 1 saturated heterocycles. The van der Waals surface area contributed by atoms with Crippen LogP contribution in [0.15, 0.2) is 47.0 Å². The number of aliphatic hydroxyl groups excluding tert-OH is 1. The Hall–Kier alpha value is -3.05. The van der Waals surface area contributed by atoms with Gasteiger partial charge in [0.1, 0.15) is 12.3 Å². The molecule has 0 radical (unpaired) electrons. The molecule has 3 rings (SSSR count). The number of nitro benzene ring substituents is 1. The number of nitrogens with zero attached hydrogens (tertiary/aromatic N) is 2. The van der Waals surface area contributed by atoms with E-state index in [0.29, 0.717) is 5.56 Å². The fraction of sp³-hybridized carbons (Fsp3) is 0.368. The number of aliphatic hydroxyl groups is 1. The lowest BCUT2D eigenvalue weighted by Crippen LogP contribution is -2.64. The normalized spacial score (nSPS) is 22.1. The van der Waals surface area contributed by atoms with Crippen molar-refractivity contribution in [3.8, 4) is 0 Å². The molecular formula is C19H20N2O8S. The number of carbonyl (C=O) groups excluding carboxylic acids is 2. The van der Waals surface area contributed by atoms with E-state index in [1.807, 2.05) is 0 Å². The quantitative estimate of drug-likeness (QED) is 0.302. The van der Waals surface area contributed by atoms with E-state index < -0.39 is 44.7 Å². The van der Waals surface area contributed by atoms with E-state index in [-0.39, 0.29) is 29.3 Å². The molecule has 160 valence electrons. The van der Waals surface area contributed by atoms with Crippen LogP contribution in [0, 0.1) is 16.0 Å². The summed E-state index contributed by atoms with van der Waals surface area (Å²) in [6.07, 6.45) is 2.51. The third kappa shape index (κ3) is 4.12. The van der Waals surface area contributed by atoms with Crippen molar-refractivity contribution >= 4 is 27.4 Å². The second-order valence-electron chi connectivity index (χ2n) is 7.20. The van der Waals surface area contributed by atoms with Crippen molar-refractivity contribution in [3.05, 3.63) is 62.7 Å². The third-order valence-electron chi connectivity index (χ3n) is 5.09. The van der Waals surface area contributed by atoms with E-state index >= 15 is 0 Å². The highest BCUT2D eigenvalue weighted by Crippen LogP contribution is 2.40. The molecule has 1 fully saturated rings. The standard InChI is InChI=1S/C19H20N2O8S/c1-11(22)17-16-9-14(30(2,27)28)7-8-15(20(16)18(17)23)19(24)29-10-12-3-5-13(6-4-12)21(25)26/h3-8,11,16-17,22H,9-10H2,1-2H3/t11-,16-,17-/m1/s1. The summed E-state index contributed by atoms with van der Waals surface area (Å²) in [4.78, 5) is 36.5. The number of esters is 1. The lowest BCUT2D eigenvalue weighted by molar-refractivity contribution is -0.384. The number of allylic oxidation sites excluding steroid dienone is 2. The summed E-state index contributed by atoms with van der Waals surface area (Å²) in [5, 5.41) is 20.6. The van der Waals surface area contributed by atoms with Gasteiger partial charge in [-0.1, -0.05) is 0 Å². The maximum absolute atomic E-state index is 12.6. The van der Waals surface area contributed by atoms with Crippen molar-refractivity contribution in [3.63, 3.8) is 0 Å². The van der Waals surface area contributed by atoms with Crippen LogP contribution < -0.4 is 0 Å². The molecule has 11 heteroatoms. The van der Waals surface area contributed by atoms with Gasteiger partial charge >= 0.3 is 5.97 Å². The SMILES string of the molecule is C[C@@H](O)[C@H]1C(=O)N2C(C(=O)OCc3ccc([N+](=O)[O-])cc3)=CC=C(S(C)(=O)=O)C[C@H]12. The average Bonchev–Trinajstić information content (AvgIpc) is 2.83. The number of sulfone groups is 1. The van der Waals surface area contributed by atoms with E-state index in [4.69, 9.17) is 4.74 Å². The molecule has 0 aliphatic carbocycles. The average molecular weight is 436 g/mol. The van der Waals surface area contributed by atoms with E-state index in [2.05, 4.69) is 0 Å². The number of benzene rings is 1. The van der Waals surface area contributed by atoms with Crippen LogP contribution in [-0.4, -0.2) is 53.6 Å². The van der Waals surface area contributed by atoms with Crippen molar-refractivity contribution in [1.29, 1.82) is 0 Å². The number of hydrogen-bond acceptors (Lipinski definition) is 8. The summed E-state index contributed by atoms with van der Waals surface area (Å²) < 4.78 is 29.2. The molecule has 10 nitrogen and oxygen atoms in total. The third-order valence-corrected chi connectivity index (χ3v) is 6.34. The highest BCUT2D eigenvalue weighted by atomic mass is 32.2. The van der Waals surface area contributed by atoms with Gasteiger partial charge in [0, 0.05) is 29.7 Å². The number of fused-ring (bicyclic) bond motifs is 1. The molecule has 1 amide bonds. The van der Waals surface area contributed by atoms with Gasteiger partial charge < -0.3 is 14.7 Å². The summed E-state index contributed by atoms with van der Waals surface area (Å²) >= 11 is 0. The van der Waals surface area contributed by atoms with Crippen molar-refractivity contribution in [1.82, 2.24) is 4.90 Å². The highest BCUT2D eigenvalue weighted by molar-refractivity contribution is 7.94. The van der Waals surface area contributed by atoms with Gasteiger partial charge in [-0.2, -0.15) is 0 Å². The van der Waals surface area contributed by atoms with Gasteiger partial charge in [-0.25, -0.2) is 13.2 Å². The van der Waals surface area contributed by atoms with Crippen molar-refractivity contribution in [2.75, 3.05) is 6.26 Å². The van der Waals surface area contributed by atoms with Gasteiger partial charge in [0.2, 0.25) is 5.91 Å². The number of β-lactam (4-membered cyclic amide) rings is 1. The summed E-state index contributed by atoms with van der Waals surface area (Å²) in [6, 6.07) is 4.75. The van der Waals surface area contributed by atoms with Gasteiger partial charge in [0.05, 0.1) is 23.0 Å². The monoisotopic (exact) mass is 436 g/mol. The van der Waals surface area contributed by atoms with E-state index in [9.17, 15) is 33.2 Å². The summed E-state index contributed by atoms with van der Waals surface area (Å²) in [6.45, 7) is 1.24. The van der Waals surface area contributed by atoms with Crippen LogP contribution in [0.2, 0.25) is 0 Å². The molecule has 1 aromatic rings. The lowest BCUT2D eigenvalue weighted by Gasteiger charge is -2.48. The van der Waals surface area contributed by atoms with Gasteiger partial charge in [-0.3, -0.25) is 14.9 Å². The number of amides is 1. The molecule has 0 aromatic heterocycles. The molecule has 0 bridgehead atoms. The Bertz CT molecular complexity index is 1060. The second-order valence-corrected chi connectivity index (χ2v) is 9.27. The van der Waals surface area contributed by atoms with Gasteiger partial charge in [-0.15, -0.1) is 0 Å². The molecule has 0 unspecified atom stereocenters. The Labute approximate surface area is 172 Å². The molecular weight excluding hydrogens is 416 g/mol. The zero-order valence-electron chi connectivity index (χ0n) is 16.2. The Morgan fingerprint density at radius 3 is 2.50 bits per heavy atom. The Morgan fingerprint density at radius 2 is 1.97 bits per heavy atom. The Kier molecular flexibility index (Phi) is 5.77. The minimum atomic E-state index is -3.56. The minimum absolute atomic E-state index is 0.0181. The molecule has 0 saturated carbocycles. The van der Waals surface area contributed by atoms with Crippen LogP contribution in [0.4, 0.5) is 5.69 Å².